The zero-order valence-corrected chi connectivity index (χ0v) is 16.8. The first kappa shape index (κ1) is 21.4. The summed E-state index contributed by atoms with van der Waals surface area (Å²) in [6.07, 6.45) is -1.83. The summed E-state index contributed by atoms with van der Waals surface area (Å²) >= 11 is 0.977. The third kappa shape index (κ3) is 4.72. The van der Waals surface area contributed by atoms with Gasteiger partial charge in [-0.25, -0.2) is 19.3 Å². The minimum Gasteiger partial charge on any atom is -0.340 e. The van der Waals surface area contributed by atoms with E-state index in [-0.39, 0.29) is 16.4 Å². The van der Waals surface area contributed by atoms with Crippen LogP contribution in [-0.4, -0.2) is 20.9 Å². The predicted octanol–water partition coefficient (Wildman–Crippen LogP) is 5.75. The number of carbonyl (C=O) groups excluding carboxylic acids is 1. The van der Waals surface area contributed by atoms with Gasteiger partial charge in [-0.2, -0.15) is 13.2 Å². The van der Waals surface area contributed by atoms with Gasteiger partial charge >= 0.3 is 6.18 Å². The molecule has 0 aliphatic heterocycles. The number of benzene rings is 2. The molecule has 162 valence electrons. The molecule has 0 radical (unpaired) electrons. The number of carbonyl (C=O) groups is 1. The predicted molar refractivity (Wildman–Crippen MR) is 112 cm³/mol. The van der Waals surface area contributed by atoms with E-state index in [4.69, 9.17) is 0 Å². The van der Waals surface area contributed by atoms with Gasteiger partial charge in [-0.1, -0.05) is 6.07 Å². The van der Waals surface area contributed by atoms with Crippen molar-refractivity contribution >= 4 is 33.9 Å². The molecule has 4 aromatic rings. The molecule has 6 nitrogen and oxygen atoms in total. The number of aromatic nitrogens is 3. The third-order valence-corrected chi connectivity index (χ3v) is 5.06. The minimum atomic E-state index is -4.82. The van der Waals surface area contributed by atoms with Gasteiger partial charge in [-0.3, -0.25) is 10.1 Å². The van der Waals surface area contributed by atoms with E-state index < -0.39 is 23.5 Å². The van der Waals surface area contributed by atoms with Gasteiger partial charge in [-0.05, 0) is 42.5 Å². The van der Waals surface area contributed by atoms with Gasteiger partial charge in [0.1, 0.15) is 18.0 Å². The topological polar surface area (TPSA) is 79.8 Å². The molecule has 32 heavy (non-hydrogen) atoms. The van der Waals surface area contributed by atoms with Gasteiger partial charge in [0.2, 0.25) is 0 Å². The van der Waals surface area contributed by atoms with Crippen molar-refractivity contribution in [3.05, 3.63) is 83.4 Å². The Balaban J connectivity index is 1.46. The SMILES string of the molecule is O=C(Nc1nc(-c2cccc(C(F)(F)F)c2F)cs1)c1ccc(Nc2ccncn2)cc1. The second-order valence-corrected chi connectivity index (χ2v) is 7.31. The molecule has 0 fully saturated rings. The van der Waals surface area contributed by atoms with E-state index in [1.807, 2.05) is 0 Å². The highest BCUT2D eigenvalue weighted by Crippen LogP contribution is 2.36. The van der Waals surface area contributed by atoms with Gasteiger partial charge in [0.25, 0.3) is 5.91 Å². The number of alkyl halides is 3. The smallest absolute Gasteiger partial charge is 0.340 e. The van der Waals surface area contributed by atoms with Gasteiger partial charge in [-0.15, -0.1) is 11.3 Å². The fraction of sp³-hybridized carbons (Fsp3) is 0.0476. The Labute approximate surface area is 183 Å². The highest BCUT2D eigenvalue weighted by atomic mass is 32.1. The first-order valence-electron chi connectivity index (χ1n) is 9.07. The maximum Gasteiger partial charge on any atom is 0.419 e. The van der Waals surface area contributed by atoms with Crippen molar-refractivity contribution in [2.75, 3.05) is 10.6 Å². The lowest BCUT2D eigenvalue weighted by molar-refractivity contribution is -0.139. The van der Waals surface area contributed by atoms with Crippen LogP contribution in [0.5, 0.6) is 0 Å². The lowest BCUT2D eigenvalue weighted by atomic mass is 10.1. The molecule has 4 rings (SSSR count). The maximum absolute atomic E-state index is 14.3. The standard InChI is InChI=1S/C21H13F4N5OS/c22-18-14(2-1-3-15(18)21(23,24)25)16-10-32-20(29-16)30-19(31)12-4-6-13(7-5-12)28-17-8-9-26-11-27-17/h1-11H,(H,26,27,28)(H,29,30,31). The minimum absolute atomic E-state index is 0.00158. The van der Waals surface area contributed by atoms with Gasteiger partial charge in [0.15, 0.2) is 5.13 Å². The van der Waals surface area contributed by atoms with E-state index in [0.29, 0.717) is 23.1 Å². The van der Waals surface area contributed by atoms with Crippen LogP contribution in [0.25, 0.3) is 11.3 Å². The van der Waals surface area contributed by atoms with Crippen molar-refractivity contribution in [1.82, 2.24) is 15.0 Å². The summed E-state index contributed by atoms with van der Waals surface area (Å²) in [6.45, 7) is 0. The van der Waals surface area contributed by atoms with Gasteiger partial charge in [0.05, 0.1) is 11.3 Å². The van der Waals surface area contributed by atoms with Gasteiger partial charge in [0, 0.05) is 28.4 Å². The monoisotopic (exact) mass is 459 g/mol. The average Bonchev–Trinajstić information content (AvgIpc) is 3.22. The quantitative estimate of drug-likeness (QED) is 0.371. The van der Waals surface area contributed by atoms with Crippen molar-refractivity contribution < 1.29 is 22.4 Å². The molecule has 2 aromatic heterocycles. The molecule has 2 heterocycles. The Hall–Kier alpha value is -3.86. The zero-order valence-electron chi connectivity index (χ0n) is 16.0. The Morgan fingerprint density at radius 2 is 1.81 bits per heavy atom. The Morgan fingerprint density at radius 1 is 1.03 bits per heavy atom. The summed E-state index contributed by atoms with van der Waals surface area (Å²) in [4.78, 5) is 24.4. The van der Waals surface area contributed by atoms with Crippen LogP contribution < -0.4 is 10.6 Å². The summed E-state index contributed by atoms with van der Waals surface area (Å²) in [5.74, 6) is -1.28. The van der Waals surface area contributed by atoms with Crippen molar-refractivity contribution in [2.24, 2.45) is 0 Å². The van der Waals surface area contributed by atoms with Gasteiger partial charge < -0.3 is 5.32 Å². The number of rotatable bonds is 5. The van der Waals surface area contributed by atoms with Crippen molar-refractivity contribution in [3.63, 3.8) is 0 Å². The van der Waals surface area contributed by atoms with Crippen LogP contribution in [0, 0.1) is 5.82 Å². The Morgan fingerprint density at radius 3 is 2.50 bits per heavy atom. The third-order valence-electron chi connectivity index (χ3n) is 4.31. The molecule has 0 saturated carbocycles. The molecule has 0 spiro atoms. The van der Waals surface area contributed by atoms with E-state index in [9.17, 15) is 22.4 Å². The number of hydrogen-bond donors (Lipinski definition) is 2. The summed E-state index contributed by atoms with van der Waals surface area (Å²) < 4.78 is 53.1. The summed E-state index contributed by atoms with van der Waals surface area (Å²) in [5.41, 5.74) is -0.628. The average molecular weight is 459 g/mol. The fourth-order valence-electron chi connectivity index (χ4n) is 2.79. The Bertz CT molecular complexity index is 1240. The lowest BCUT2D eigenvalue weighted by Gasteiger charge is -2.09. The molecule has 2 N–H and O–H groups in total. The van der Waals surface area contributed by atoms with E-state index in [1.165, 1.54) is 17.8 Å². The van der Waals surface area contributed by atoms with Crippen LogP contribution in [0.1, 0.15) is 15.9 Å². The van der Waals surface area contributed by atoms with Crippen LogP contribution in [0.2, 0.25) is 0 Å². The van der Waals surface area contributed by atoms with E-state index in [2.05, 4.69) is 25.6 Å². The lowest BCUT2D eigenvalue weighted by Crippen LogP contribution is -2.11. The molecular formula is C21H13F4N5OS. The number of thiazole rings is 1. The van der Waals surface area contributed by atoms with Crippen molar-refractivity contribution in [3.8, 4) is 11.3 Å². The normalized spacial score (nSPS) is 11.2. The number of nitrogens with one attached hydrogen (secondary N) is 2. The first-order valence-corrected chi connectivity index (χ1v) is 9.95. The summed E-state index contributed by atoms with van der Waals surface area (Å²) in [6, 6.07) is 11.2. The second kappa shape index (κ2) is 8.71. The number of nitrogens with zero attached hydrogens (tertiary/aromatic N) is 3. The van der Waals surface area contributed by atoms with Crippen LogP contribution >= 0.6 is 11.3 Å². The highest BCUT2D eigenvalue weighted by Gasteiger charge is 2.35. The first-order chi connectivity index (χ1) is 15.3. The van der Waals surface area contributed by atoms with E-state index in [0.717, 1.165) is 17.4 Å². The summed E-state index contributed by atoms with van der Waals surface area (Å²) in [7, 11) is 0. The molecule has 0 unspecified atom stereocenters. The molecule has 1 amide bonds. The number of halogens is 4. The number of amides is 1. The second-order valence-electron chi connectivity index (χ2n) is 6.45. The highest BCUT2D eigenvalue weighted by molar-refractivity contribution is 7.14. The molecule has 2 aromatic carbocycles. The van der Waals surface area contributed by atoms with Crippen molar-refractivity contribution in [2.45, 2.75) is 6.18 Å². The van der Waals surface area contributed by atoms with Crippen molar-refractivity contribution in [1.29, 1.82) is 0 Å². The molecular weight excluding hydrogens is 446 g/mol. The molecule has 11 heteroatoms. The Kier molecular flexibility index (Phi) is 5.82. The van der Waals surface area contributed by atoms with Crippen LogP contribution in [-0.2, 0) is 6.18 Å². The van der Waals surface area contributed by atoms with E-state index in [1.54, 1.807) is 36.5 Å². The number of hydrogen-bond acceptors (Lipinski definition) is 6. The molecule has 0 aliphatic rings. The van der Waals surface area contributed by atoms with Crippen LogP contribution in [0.4, 0.5) is 34.2 Å². The van der Waals surface area contributed by atoms with Crippen LogP contribution in [0.15, 0.2) is 66.4 Å². The zero-order chi connectivity index (χ0) is 22.7. The summed E-state index contributed by atoms with van der Waals surface area (Å²) in [5, 5.41) is 7.13. The molecule has 0 atom stereocenters. The maximum atomic E-state index is 14.3. The van der Waals surface area contributed by atoms with E-state index >= 15 is 0 Å². The molecule has 0 saturated heterocycles. The number of anilines is 3. The largest absolute Gasteiger partial charge is 0.419 e. The molecule has 0 aliphatic carbocycles. The van der Waals surface area contributed by atoms with Crippen LogP contribution in [0.3, 0.4) is 0 Å². The fourth-order valence-corrected chi connectivity index (χ4v) is 3.50. The molecule has 0 bridgehead atoms.